The molecule has 0 amide bonds. The van der Waals surface area contributed by atoms with Crippen LogP contribution in [-0.2, 0) is 13.1 Å². The Kier molecular flexibility index (Phi) is 7.17. The van der Waals surface area contributed by atoms with E-state index in [1.165, 1.54) is 5.56 Å². The molecule has 0 unspecified atom stereocenters. The molecule has 0 saturated heterocycles. The molecular formula is C16H25N3. The topological polar surface area (TPSA) is 28.2 Å². The van der Waals surface area contributed by atoms with Gasteiger partial charge in [-0.25, -0.2) is 0 Å². The second-order valence-electron chi connectivity index (χ2n) is 5.19. The Morgan fingerprint density at radius 1 is 1.42 bits per heavy atom. The van der Waals surface area contributed by atoms with E-state index in [0.29, 0.717) is 12.5 Å². The quantitative estimate of drug-likeness (QED) is 0.726. The highest BCUT2D eigenvalue weighted by atomic mass is 15.1. The molecule has 0 fully saturated rings. The third kappa shape index (κ3) is 6.37. The van der Waals surface area contributed by atoms with Gasteiger partial charge in [-0.15, -0.1) is 6.42 Å². The molecule has 3 heteroatoms. The monoisotopic (exact) mass is 259 g/mol. The number of pyridine rings is 1. The molecule has 1 rings (SSSR count). The number of terminal acetylenes is 1. The highest BCUT2D eigenvalue weighted by Crippen LogP contribution is 2.04. The highest BCUT2D eigenvalue weighted by molar-refractivity contribution is 5.14. The van der Waals surface area contributed by atoms with Gasteiger partial charge in [0.25, 0.3) is 0 Å². The minimum Gasteiger partial charge on any atom is -0.312 e. The van der Waals surface area contributed by atoms with Crippen molar-refractivity contribution in [1.29, 1.82) is 0 Å². The van der Waals surface area contributed by atoms with Crippen molar-refractivity contribution < 1.29 is 0 Å². The molecule has 1 heterocycles. The largest absolute Gasteiger partial charge is 0.312 e. The minimum absolute atomic E-state index is 0.675. The van der Waals surface area contributed by atoms with Crippen molar-refractivity contribution in [1.82, 2.24) is 15.2 Å². The lowest BCUT2D eigenvalue weighted by Gasteiger charge is -2.16. The van der Waals surface area contributed by atoms with Crippen LogP contribution in [0.2, 0.25) is 0 Å². The summed E-state index contributed by atoms with van der Waals surface area (Å²) in [7, 11) is 0. The summed E-state index contributed by atoms with van der Waals surface area (Å²) in [5.74, 6) is 3.35. The molecule has 19 heavy (non-hydrogen) atoms. The van der Waals surface area contributed by atoms with Crippen molar-refractivity contribution in [2.75, 3.05) is 19.6 Å². The summed E-state index contributed by atoms with van der Waals surface area (Å²) in [6.07, 6.45) is 7.29. The molecule has 0 aromatic carbocycles. The lowest BCUT2D eigenvalue weighted by molar-refractivity contribution is 0.312. The van der Waals surface area contributed by atoms with E-state index in [1.54, 1.807) is 0 Å². The maximum Gasteiger partial charge on any atom is 0.0602 e. The molecule has 1 N–H and O–H groups in total. The van der Waals surface area contributed by atoms with Crippen LogP contribution in [0, 0.1) is 18.3 Å². The maximum atomic E-state index is 5.34. The molecule has 0 aliphatic rings. The molecule has 0 aliphatic carbocycles. The van der Waals surface area contributed by atoms with Gasteiger partial charge in [-0.2, -0.15) is 0 Å². The van der Waals surface area contributed by atoms with E-state index in [2.05, 4.69) is 54.0 Å². The fourth-order valence-corrected chi connectivity index (χ4v) is 1.80. The molecule has 0 saturated carbocycles. The zero-order valence-electron chi connectivity index (χ0n) is 12.3. The normalized spacial score (nSPS) is 10.9. The standard InChI is InChI=1S/C16H25N3/c1-5-9-19(6-2)13-16-8-7-15(12-18-16)11-17-10-14(3)4/h1,7-8,12,14,17H,6,9-11,13H2,2-4H3. The van der Waals surface area contributed by atoms with E-state index in [1.807, 2.05) is 6.20 Å². The summed E-state index contributed by atoms with van der Waals surface area (Å²) in [5, 5.41) is 3.42. The van der Waals surface area contributed by atoms with Crippen LogP contribution in [0.4, 0.5) is 0 Å². The van der Waals surface area contributed by atoms with Gasteiger partial charge in [-0.05, 0) is 30.6 Å². The molecule has 3 nitrogen and oxygen atoms in total. The first kappa shape index (κ1) is 15.7. The van der Waals surface area contributed by atoms with Gasteiger partial charge in [0.05, 0.1) is 12.2 Å². The maximum absolute atomic E-state index is 5.34. The molecule has 1 aromatic heterocycles. The number of nitrogens with zero attached hydrogens (tertiary/aromatic N) is 2. The summed E-state index contributed by atoms with van der Waals surface area (Å²) >= 11 is 0. The second-order valence-corrected chi connectivity index (χ2v) is 5.19. The Labute approximate surface area is 117 Å². The van der Waals surface area contributed by atoms with Crippen LogP contribution >= 0.6 is 0 Å². The van der Waals surface area contributed by atoms with Gasteiger partial charge < -0.3 is 5.32 Å². The van der Waals surface area contributed by atoms with E-state index in [4.69, 9.17) is 6.42 Å². The van der Waals surface area contributed by atoms with Crippen LogP contribution in [0.3, 0.4) is 0 Å². The zero-order valence-corrected chi connectivity index (χ0v) is 12.3. The molecule has 0 bridgehead atoms. The number of aromatic nitrogens is 1. The van der Waals surface area contributed by atoms with Gasteiger partial charge in [0.1, 0.15) is 0 Å². The Balaban J connectivity index is 2.45. The molecule has 0 atom stereocenters. The molecule has 104 valence electrons. The third-order valence-corrected chi connectivity index (χ3v) is 2.92. The first-order valence-corrected chi connectivity index (χ1v) is 6.96. The van der Waals surface area contributed by atoms with Gasteiger partial charge in [0, 0.05) is 19.3 Å². The fourth-order valence-electron chi connectivity index (χ4n) is 1.80. The van der Waals surface area contributed by atoms with Gasteiger partial charge in [0.15, 0.2) is 0 Å². The van der Waals surface area contributed by atoms with Crippen LogP contribution in [0.25, 0.3) is 0 Å². The van der Waals surface area contributed by atoms with Crippen LogP contribution in [0.5, 0.6) is 0 Å². The Bertz CT molecular complexity index is 389. The Hall–Kier alpha value is -1.37. The average Bonchev–Trinajstić information content (AvgIpc) is 2.39. The van der Waals surface area contributed by atoms with Gasteiger partial charge >= 0.3 is 0 Å². The first-order valence-electron chi connectivity index (χ1n) is 6.96. The average molecular weight is 259 g/mol. The zero-order chi connectivity index (χ0) is 14.1. The fraction of sp³-hybridized carbons (Fsp3) is 0.562. The number of nitrogens with one attached hydrogen (secondary N) is 1. The summed E-state index contributed by atoms with van der Waals surface area (Å²) in [4.78, 5) is 6.69. The summed E-state index contributed by atoms with van der Waals surface area (Å²) in [6, 6.07) is 4.23. The smallest absolute Gasteiger partial charge is 0.0602 e. The van der Waals surface area contributed by atoms with E-state index in [0.717, 1.165) is 31.9 Å². The van der Waals surface area contributed by atoms with Crippen LogP contribution in [0.15, 0.2) is 18.3 Å². The molecular weight excluding hydrogens is 234 g/mol. The van der Waals surface area contributed by atoms with Crippen molar-refractivity contribution in [2.45, 2.75) is 33.9 Å². The molecule has 1 aromatic rings. The van der Waals surface area contributed by atoms with Crippen molar-refractivity contribution >= 4 is 0 Å². The van der Waals surface area contributed by atoms with Crippen molar-refractivity contribution in [3.05, 3.63) is 29.6 Å². The molecule has 0 spiro atoms. The van der Waals surface area contributed by atoms with Crippen LogP contribution in [-0.4, -0.2) is 29.5 Å². The summed E-state index contributed by atoms with van der Waals surface area (Å²) in [5.41, 5.74) is 2.30. The minimum atomic E-state index is 0.675. The van der Waals surface area contributed by atoms with Crippen molar-refractivity contribution in [3.8, 4) is 12.3 Å². The van der Waals surface area contributed by atoms with Gasteiger partial charge in [-0.1, -0.05) is 32.8 Å². The van der Waals surface area contributed by atoms with E-state index in [9.17, 15) is 0 Å². The highest BCUT2D eigenvalue weighted by Gasteiger charge is 2.03. The van der Waals surface area contributed by atoms with Gasteiger partial charge in [-0.3, -0.25) is 9.88 Å². The second kappa shape index (κ2) is 8.68. The van der Waals surface area contributed by atoms with E-state index in [-0.39, 0.29) is 0 Å². The Morgan fingerprint density at radius 3 is 2.74 bits per heavy atom. The molecule has 0 radical (unpaired) electrons. The molecule has 0 aliphatic heterocycles. The predicted octanol–water partition coefficient (Wildman–Crippen LogP) is 2.28. The number of hydrogen-bond donors (Lipinski definition) is 1. The van der Waals surface area contributed by atoms with Crippen LogP contribution < -0.4 is 5.32 Å². The van der Waals surface area contributed by atoms with E-state index >= 15 is 0 Å². The van der Waals surface area contributed by atoms with Crippen molar-refractivity contribution in [3.63, 3.8) is 0 Å². The van der Waals surface area contributed by atoms with Crippen molar-refractivity contribution in [2.24, 2.45) is 5.92 Å². The Morgan fingerprint density at radius 2 is 2.21 bits per heavy atom. The van der Waals surface area contributed by atoms with Gasteiger partial charge in [0.2, 0.25) is 0 Å². The third-order valence-electron chi connectivity index (χ3n) is 2.92. The lowest BCUT2D eigenvalue weighted by Crippen LogP contribution is -2.23. The summed E-state index contributed by atoms with van der Waals surface area (Å²) < 4.78 is 0. The summed E-state index contributed by atoms with van der Waals surface area (Å²) in [6.45, 7) is 10.9. The lowest BCUT2D eigenvalue weighted by atomic mass is 10.2. The number of rotatable bonds is 8. The van der Waals surface area contributed by atoms with Crippen LogP contribution in [0.1, 0.15) is 32.0 Å². The number of hydrogen-bond acceptors (Lipinski definition) is 3. The SMILES string of the molecule is C#CCN(CC)Cc1ccc(CNCC(C)C)cn1. The predicted molar refractivity (Wildman–Crippen MR) is 80.6 cm³/mol. The van der Waals surface area contributed by atoms with E-state index < -0.39 is 0 Å². The first-order chi connectivity index (χ1) is 9.15.